The monoisotopic (exact) mass is 346 g/mol. The summed E-state index contributed by atoms with van der Waals surface area (Å²) in [5, 5.41) is 3.12. The fourth-order valence-electron chi connectivity index (χ4n) is 3.76. The topological polar surface area (TPSA) is 50.8 Å². The van der Waals surface area contributed by atoms with E-state index in [1.165, 1.54) is 5.56 Å². The largest absolute Gasteiger partial charge is 0.347 e. The van der Waals surface area contributed by atoms with E-state index in [2.05, 4.69) is 31.3 Å². The molecule has 25 heavy (non-hydrogen) atoms. The summed E-state index contributed by atoms with van der Waals surface area (Å²) >= 11 is 0. The van der Waals surface area contributed by atoms with E-state index in [0.29, 0.717) is 26.3 Å². The van der Waals surface area contributed by atoms with Crippen LogP contribution in [-0.4, -0.2) is 49.6 Å². The minimum atomic E-state index is -0.539. The predicted octanol–water partition coefficient (Wildman–Crippen LogP) is 3.15. The highest BCUT2D eigenvalue weighted by molar-refractivity contribution is 5.74. The van der Waals surface area contributed by atoms with Crippen LogP contribution in [0.15, 0.2) is 30.3 Å². The zero-order valence-electron chi connectivity index (χ0n) is 15.6. The number of likely N-dealkylation sites (tertiary alicyclic amines) is 1. The minimum Gasteiger partial charge on any atom is -0.347 e. The SMILES string of the molecule is CC(C)(CNC(=O)N1CCCC(C2(C)OCCO2)C1)c1ccccc1. The van der Waals surface area contributed by atoms with E-state index in [-0.39, 0.29) is 17.4 Å². The fraction of sp³-hybridized carbons (Fsp3) is 0.650. The second-order valence-electron chi connectivity index (χ2n) is 7.91. The summed E-state index contributed by atoms with van der Waals surface area (Å²) in [4.78, 5) is 14.6. The van der Waals surface area contributed by atoms with Crippen molar-refractivity contribution in [2.45, 2.75) is 44.8 Å². The van der Waals surface area contributed by atoms with Gasteiger partial charge in [-0.25, -0.2) is 4.79 Å². The first-order valence-electron chi connectivity index (χ1n) is 9.27. The van der Waals surface area contributed by atoms with Gasteiger partial charge in [0, 0.05) is 31.0 Å². The normalized spacial score (nSPS) is 23.5. The molecule has 5 nitrogen and oxygen atoms in total. The highest BCUT2D eigenvalue weighted by Gasteiger charge is 2.42. The van der Waals surface area contributed by atoms with Crippen molar-refractivity contribution in [1.82, 2.24) is 10.2 Å². The van der Waals surface area contributed by atoms with Crippen LogP contribution in [0.3, 0.4) is 0 Å². The van der Waals surface area contributed by atoms with Gasteiger partial charge in [0.15, 0.2) is 5.79 Å². The van der Waals surface area contributed by atoms with E-state index in [4.69, 9.17) is 9.47 Å². The minimum absolute atomic E-state index is 0.00954. The highest BCUT2D eigenvalue weighted by atomic mass is 16.7. The zero-order chi connectivity index (χ0) is 17.9. The van der Waals surface area contributed by atoms with Crippen LogP contribution in [0.2, 0.25) is 0 Å². The van der Waals surface area contributed by atoms with E-state index in [0.717, 1.165) is 19.4 Å². The molecule has 1 aromatic rings. The Balaban J connectivity index is 1.56. The molecular weight excluding hydrogens is 316 g/mol. The lowest BCUT2D eigenvalue weighted by atomic mass is 9.84. The van der Waals surface area contributed by atoms with E-state index in [1.807, 2.05) is 30.0 Å². The molecule has 1 atom stereocenters. The number of hydrogen-bond acceptors (Lipinski definition) is 3. The number of nitrogens with one attached hydrogen (secondary N) is 1. The Morgan fingerprint density at radius 1 is 1.28 bits per heavy atom. The van der Waals surface area contributed by atoms with E-state index in [1.54, 1.807) is 0 Å². The summed E-state index contributed by atoms with van der Waals surface area (Å²) < 4.78 is 11.6. The average Bonchev–Trinajstić information content (AvgIpc) is 3.09. The quantitative estimate of drug-likeness (QED) is 0.911. The molecule has 1 aromatic carbocycles. The maximum atomic E-state index is 12.7. The summed E-state index contributed by atoms with van der Waals surface area (Å²) in [6, 6.07) is 10.3. The molecular formula is C20H30N2O3. The lowest BCUT2D eigenvalue weighted by molar-refractivity contribution is -0.189. The molecule has 0 spiro atoms. The lowest BCUT2D eigenvalue weighted by Crippen LogP contribution is -2.52. The van der Waals surface area contributed by atoms with Crippen molar-refractivity contribution in [3.63, 3.8) is 0 Å². The molecule has 2 fully saturated rings. The summed E-state index contributed by atoms with van der Waals surface area (Å²) in [6.07, 6.45) is 2.03. The molecule has 3 rings (SSSR count). The molecule has 2 amide bonds. The van der Waals surface area contributed by atoms with Crippen molar-refractivity contribution in [3.8, 4) is 0 Å². The second-order valence-corrected chi connectivity index (χ2v) is 7.91. The van der Waals surface area contributed by atoms with Gasteiger partial charge in [-0.2, -0.15) is 0 Å². The molecule has 2 saturated heterocycles. The van der Waals surface area contributed by atoms with Crippen molar-refractivity contribution in [3.05, 3.63) is 35.9 Å². The first-order chi connectivity index (χ1) is 11.9. The maximum Gasteiger partial charge on any atom is 0.317 e. The predicted molar refractivity (Wildman–Crippen MR) is 97.5 cm³/mol. The molecule has 0 radical (unpaired) electrons. The van der Waals surface area contributed by atoms with Crippen LogP contribution in [0.1, 0.15) is 39.2 Å². The smallest absolute Gasteiger partial charge is 0.317 e. The van der Waals surface area contributed by atoms with Crippen molar-refractivity contribution >= 4 is 6.03 Å². The Labute approximate surface area is 150 Å². The molecule has 0 aliphatic carbocycles. The van der Waals surface area contributed by atoms with Gasteiger partial charge in [0.1, 0.15) is 0 Å². The fourth-order valence-corrected chi connectivity index (χ4v) is 3.76. The Morgan fingerprint density at radius 3 is 2.64 bits per heavy atom. The lowest BCUT2D eigenvalue weighted by Gasteiger charge is -2.40. The molecule has 2 aliphatic heterocycles. The molecule has 1 unspecified atom stereocenters. The summed E-state index contributed by atoms with van der Waals surface area (Å²) in [6.45, 7) is 9.70. The number of carbonyl (C=O) groups excluding carboxylic acids is 1. The molecule has 0 aromatic heterocycles. The highest BCUT2D eigenvalue weighted by Crippen LogP contribution is 2.34. The average molecular weight is 346 g/mol. The molecule has 2 aliphatic rings. The summed E-state index contributed by atoms with van der Waals surface area (Å²) in [5.41, 5.74) is 1.13. The Bertz CT molecular complexity index is 582. The summed E-state index contributed by atoms with van der Waals surface area (Å²) in [5.74, 6) is -0.306. The van der Waals surface area contributed by atoms with Crippen molar-refractivity contribution < 1.29 is 14.3 Å². The first-order valence-corrected chi connectivity index (χ1v) is 9.27. The third-order valence-electron chi connectivity index (χ3n) is 5.55. The number of urea groups is 1. The zero-order valence-corrected chi connectivity index (χ0v) is 15.6. The standard InChI is InChI=1S/C20H30N2O3/c1-19(2,16-8-5-4-6-9-16)15-21-18(23)22-11-7-10-17(14-22)20(3)24-12-13-25-20/h4-6,8-9,17H,7,10-15H2,1-3H3,(H,21,23). The molecule has 5 heteroatoms. The van der Waals surface area contributed by atoms with Crippen LogP contribution in [-0.2, 0) is 14.9 Å². The van der Waals surface area contributed by atoms with Crippen LogP contribution in [0.4, 0.5) is 4.79 Å². The van der Waals surface area contributed by atoms with Gasteiger partial charge in [-0.15, -0.1) is 0 Å². The second kappa shape index (κ2) is 7.34. The number of nitrogens with zero attached hydrogens (tertiary/aromatic N) is 1. The number of rotatable bonds is 4. The van der Waals surface area contributed by atoms with Crippen LogP contribution in [0.5, 0.6) is 0 Å². The number of carbonyl (C=O) groups is 1. The van der Waals surface area contributed by atoms with Gasteiger partial charge in [0.25, 0.3) is 0 Å². The maximum absolute atomic E-state index is 12.7. The van der Waals surface area contributed by atoms with Crippen LogP contribution in [0.25, 0.3) is 0 Å². The molecule has 138 valence electrons. The van der Waals surface area contributed by atoms with Crippen LogP contribution >= 0.6 is 0 Å². The number of hydrogen-bond donors (Lipinski definition) is 1. The third kappa shape index (κ3) is 4.15. The molecule has 1 N–H and O–H groups in total. The van der Waals surface area contributed by atoms with E-state index >= 15 is 0 Å². The third-order valence-corrected chi connectivity index (χ3v) is 5.55. The van der Waals surface area contributed by atoms with Gasteiger partial charge in [-0.3, -0.25) is 0 Å². The number of amides is 2. The Kier molecular flexibility index (Phi) is 5.35. The molecule has 2 heterocycles. The van der Waals surface area contributed by atoms with Gasteiger partial charge in [-0.05, 0) is 25.3 Å². The summed E-state index contributed by atoms with van der Waals surface area (Å²) in [7, 11) is 0. The molecule has 0 bridgehead atoms. The van der Waals surface area contributed by atoms with Gasteiger partial charge < -0.3 is 19.7 Å². The van der Waals surface area contributed by atoms with E-state index < -0.39 is 5.79 Å². The van der Waals surface area contributed by atoms with Crippen LogP contribution < -0.4 is 5.32 Å². The Morgan fingerprint density at radius 2 is 1.96 bits per heavy atom. The Hall–Kier alpha value is -1.59. The van der Waals surface area contributed by atoms with Gasteiger partial charge >= 0.3 is 6.03 Å². The number of ether oxygens (including phenoxy) is 2. The van der Waals surface area contributed by atoms with Gasteiger partial charge in [-0.1, -0.05) is 44.2 Å². The van der Waals surface area contributed by atoms with Gasteiger partial charge in [0.2, 0.25) is 0 Å². The number of benzene rings is 1. The number of piperidine rings is 1. The van der Waals surface area contributed by atoms with Crippen LogP contribution in [0, 0.1) is 5.92 Å². The van der Waals surface area contributed by atoms with Crippen molar-refractivity contribution in [2.75, 3.05) is 32.8 Å². The molecule has 0 saturated carbocycles. The van der Waals surface area contributed by atoms with E-state index in [9.17, 15) is 4.79 Å². The first kappa shape index (κ1) is 18.2. The van der Waals surface area contributed by atoms with Crippen molar-refractivity contribution in [1.29, 1.82) is 0 Å². The van der Waals surface area contributed by atoms with Crippen molar-refractivity contribution in [2.24, 2.45) is 5.92 Å². The van der Waals surface area contributed by atoms with Gasteiger partial charge in [0.05, 0.1) is 13.2 Å².